The molecule has 0 aliphatic carbocycles. The molecule has 0 aromatic rings. The Morgan fingerprint density at radius 3 is 1.60 bits per heavy atom. The fourth-order valence-electron chi connectivity index (χ4n) is 0. The van der Waals surface area contributed by atoms with E-state index in [9.17, 15) is 3.74 Å². The van der Waals surface area contributed by atoms with Crippen LogP contribution in [-0.2, 0) is 3.74 Å². The molecule has 0 heterocycles. The Morgan fingerprint density at radius 1 is 1.60 bits per heavy atom. The Balaban J connectivity index is 3.47. The van der Waals surface area contributed by atoms with Crippen LogP contribution >= 0.6 is 19.9 Å². The fraction of sp³-hybridized carbons (Fsp3) is 0. The molecular weight excluding hydrogens is 178 g/mol. The van der Waals surface area contributed by atoms with E-state index in [1.165, 1.54) is 0 Å². The number of hydrogen-bond donors (Lipinski definition) is 1. The van der Waals surface area contributed by atoms with Gasteiger partial charge in [0.25, 0.3) is 0 Å². The summed E-state index contributed by atoms with van der Waals surface area (Å²) in [4.78, 5) is 0. The van der Waals surface area contributed by atoms with Crippen molar-refractivity contribution < 1.29 is 7.84 Å². The first-order valence-electron chi connectivity index (χ1n) is 0.721. The molecule has 0 saturated carbocycles. The number of rotatable bonds is 0. The normalized spacial score (nSPS) is 11.8. The van der Waals surface area contributed by atoms with Crippen LogP contribution in [0.4, 0.5) is 0 Å². The van der Waals surface area contributed by atoms with Gasteiger partial charge >= 0.3 is 39.7 Å². The molecule has 0 amide bonds. The monoisotopic (exact) mass is 178 g/mol. The molecule has 32 valence electrons. The predicted molar refractivity (Wildman–Crippen MR) is 20.4 cm³/mol. The predicted octanol–water partition coefficient (Wildman–Crippen LogP) is 0.322. The second-order valence-corrected chi connectivity index (χ2v) is 7.92. The number of hydrogen-bond acceptors (Lipinski definition) is 1. The number of halogens is 2. The van der Waals surface area contributed by atoms with Crippen molar-refractivity contribution in [2.75, 3.05) is 0 Å². The van der Waals surface area contributed by atoms with Crippen LogP contribution in [0.1, 0.15) is 0 Å². The fourth-order valence-corrected chi connectivity index (χ4v) is 0. The van der Waals surface area contributed by atoms with Crippen molar-refractivity contribution in [3.63, 3.8) is 0 Å². The maximum atomic E-state index is 9.36. The van der Waals surface area contributed by atoms with E-state index in [4.69, 9.17) is 4.10 Å². The zero-order chi connectivity index (χ0) is 4.50. The van der Waals surface area contributed by atoms with E-state index in [1.54, 1.807) is 0 Å². The standard InChI is InChI=1S/AsCl2HO2/c2-1(3,4)5/h(H,4,5). The van der Waals surface area contributed by atoms with Crippen molar-refractivity contribution in [1.29, 1.82) is 0 Å². The van der Waals surface area contributed by atoms with Crippen molar-refractivity contribution in [1.82, 2.24) is 0 Å². The molecule has 0 radical (unpaired) electrons. The Labute approximate surface area is 40.0 Å². The van der Waals surface area contributed by atoms with Gasteiger partial charge in [0.1, 0.15) is 0 Å². The molecule has 5 heteroatoms. The molecular formula is HAsCl2O2. The first-order valence-corrected chi connectivity index (χ1v) is 7.26. The second kappa shape index (κ2) is 1.56. The van der Waals surface area contributed by atoms with E-state index in [0.717, 1.165) is 0 Å². The summed E-state index contributed by atoms with van der Waals surface area (Å²) in [5.41, 5.74) is 0. The Hall–Kier alpha value is 0.898. The first-order chi connectivity index (χ1) is 2.00. The van der Waals surface area contributed by atoms with E-state index in [2.05, 4.69) is 19.9 Å². The zero-order valence-electron chi connectivity index (χ0n) is 2.06. The Kier molecular flexibility index (Phi) is 1.85. The molecule has 0 rings (SSSR count). The van der Waals surface area contributed by atoms with Gasteiger partial charge in [-0.3, -0.25) is 0 Å². The van der Waals surface area contributed by atoms with Crippen molar-refractivity contribution >= 4 is 31.8 Å². The third-order valence-corrected chi connectivity index (χ3v) is 0. The summed E-state index contributed by atoms with van der Waals surface area (Å²) in [5.74, 6) is 0. The second-order valence-electron chi connectivity index (χ2n) is 0.435. The van der Waals surface area contributed by atoms with Gasteiger partial charge in [-0.2, -0.15) is 0 Å². The molecule has 0 saturated heterocycles. The van der Waals surface area contributed by atoms with Gasteiger partial charge in [0.05, 0.1) is 0 Å². The molecule has 0 aliphatic rings. The molecule has 0 bridgehead atoms. The van der Waals surface area contributed by atoms with Gasteiger partial charge in [0, 0.05) is 0 Å². The topological polar surface area (TPSA) is 37.3 Å². The summed E-state index contributed by atoms with van der Waals surface area (Å²) in [6.07, 6.45) is 0. The average Bonchev–Trinajstić information content (AvgIpc) is 0.722. The van der Waals surface area contributed by atoms with Crippen LogP contribution in [0.3, 0.4) is 0 Å². The molecule has 0 atom stereocenters. The summed E-state index contributed by atoms with van der Waals surface area (Å²) < 4.78 is 17.0. The van der Waals surface area contributed by atoms with Crippen LogP contribution in [0.25, 0.3) is 0 Å². The molecule has 0 aromatic carbocycles. The summed E-state index contributed by atoms with van der Waals surface area (Å²) >= 11 is -4.18. The average molecular weight is 179 g/mol. The van der Waals surface area contributed by atoms with Crippen LogP contribution in [-0.4, -0.2) is 16.0 Å². The van der Waals surface area contributed by atoms with Gasteiger partial charge in [-0.05, 0) is 0 Å². The molecule has 1 N–H and O–H groups in total. The van der Waals surface area contributed by atoms with Crippen LogP contribution in [0.15, 0.2) is 0 Å². The van der Waals surface area contributed by atoms with Crippen LogP contribution < -0.4 is 0 Å². The van der Waals surface area contributed by atoms with E-state index in [1.807, 2.05) is 0 Å². The van der Waals surface area contributed by atoms with Gasteiger partial charge in [0.15, 0.2) is 0 Å². The van der Waals surface area contributed by atoms with Crippen LogP contribution in [0.5, 0.6) is 0 Å². The van der Waals surface area contributed by atoms with Crippen LogP contribution in [0.2, 0.25) is 0 Å². The summed E-state index contributed by atoms with van der Waals surface area (Å²) in [7, 11) is 8.93. The van der Waals surface area contributed by atoms with E-state index in [0.29, 0.717) is 0 Å². The quantitative estimate of drug-likeness (QED) is 0.543. The van der Waals surface area contributed by atoms with E-state index >= 15 is 0 Å². The van der Waals surface area contributed by atoms with Crippen molar-refractivity contribution in [2.45, 2.75) is 0 Å². The maximum absolute atomic E-state index is 9.36. The van der Waals surface area contributed by atoms with Crippen LogP contribution in [0, 0.1) is 0 Å². The third kappa shape index (κ3) is 51.0. The first kappa shape index (κ1) is 5.90. The van der Waals surface area contributed by atoms with Crippen molar-refractivity contribution in [3.8, 4) is 0 Å². The molecule has 5 heavy (non-hydrogen) atoms. The Morgan fingerprint density at radius 2 is 1.60 bits per heavy atom. The van der Waals surface area contributed by atoms with E-state index < -0.39 is 11.9 Å². The Bertz CT molecular complexity index is 53.8. The van der Waals surface area contributed by atoms with Crippen molar-refractivity contribution in [3.05, 3.63) is 0 Å². The van der Waals surface area contributed by atoms with Gasteiger partial charge in [-0.15, -0.1) is 0 Å². The minimum absolute atomic E-state index is 4.18. The van der Waals surface area contributed by atoms with Gasteiger partial charge in [-0.25, -0.2) is 0 Å². The third-order valence-electron chi connectivity index (χ3n) is 0. The SMILES string of the molecule is O=[As](O)(Cl)Cl. The zero-order valence-corrected chi connectivity index (χ0v) is 5.45. The summed E-state index contributed by atoms with van der Waals surface area (Å²) in [5, 5.41) is 0. The summed E-state index contributed by atoms with van der Waals surface area (Å²) in [6.45, 7) is 0. The molecule has 0 aromatic heterocycles. The van der Waals surface area contributed by atoms with E-state index in [-0.39, 0.29) is 0 Å². The van der Waals surface area contributed by atoms with Gasteiger partial charge in [-0.1, -0.05) is 0 Å². The molecule has 0 aliphatic heterocycles. The molecule has 0 fully saturated rings. The van der Waals surface area contributed by atoms with Gasteiger partial charge < -0.3 is 0 Å². The van der Waals surface area contributed by atoms with Gasteiger partial charge in [0.2, 0.25) is 0 Å². The molecule has 0 spiro atoms. The van der Waals surface area contributed by atoms with Crippen molar-refractivity contribution in [2.24, 2.45) is 0 Å². The molecule has 0 unspecified atom stereocenters. The molecule has 2 nitrogen and oxygen atoms in total. The minimum atomic E-state index is -4.18. The summed E-state index contributed by atoms with van der Waals surface area (Å²) in [6, 6.07) is 0.